The Morgan fingerprint density at radius 3 is 2.40 bits per heavy atom. The molecule has 0 fully saturated rings. The largest absolute Gasteiger partial charge is 0.482 e. The molecule has 5 nitrogen and oxygen atoms in total. The summed E-state index contributed by atoms with van der Waals surface area (Å²) in [7, 11) is 0. The lowest BCUT2D eigenvalue weighted by molar-refractivity contribution is -0.149. The highest BCUT2D eigenvalue weighted by Crippen LogP contribution is 2.21. The number of hydrogen-bond donors (Lipinski definition) is 1. The van der Waals surface area contributed by atoms with Gasteiger partial charge in [-0.3, -0.25) is 4.79 Å². The second-order valence-electron chi connectivity index (χ2n) is 5.07. The molecule has 0 aromatic heterocycles. The minimum absolute atomic E-state index is 0.0772. The molecule has 0 unspecified atom stereocenters. The number of halogens is 3. The predicted octanol–water partition coefficient (Wildman–Crippen LogP) is 3.49. The molecule has 2 rings (SSSR count). The molecule has 0 bridgehead atoms. The smallest absolute Gasteiger partial charge is 0.344 e. The predicted molar refractivity (Wildman–Crippen MR) is 87.6 cm³/mol. The van der Waals surface area contributed by atoms with Crippen LogP contribution < -0.4 is 10.1 Å². The zero-order valence-corrected chi connectivity index (χ0v) is 13.9. The van der Waals surface area contributed by atoms with Crippen molar-refractivity contribution in [3.63, 3.8) is 0 Å². The van der Waals surface area contributed by atoms with Crippen LogP contribution in [0.4, 0.5) is 14.5 Å². The van der Waals surface area contributed by atoms with E-state index in [0.29, 0.717) is 16.8 Å². The number of ether oxygens (including phenoxy) is 2. The molecule has 2 aromatic rings. The van der Waals surface area contributed by atoms with Crippen LogP contribution in [0.25, 0.3) is 0 Å². The zero-order chi connectivity index (χ0) is 18.4. The molecule has 0 saturated heterocycles. The average molecular weight is 370 g/mol. The Balaban J connectivity index is 1.78. The van der Waals surface area contributed by atoms with Gasteiger partial charge in [0.1, 0.15) is 17.4 Å². The fourth-order valence-corrected chi connectivity index (χ4v) is 2.15. The summed E-state index contributed by atoms with van der Waals surface area (Å²) in [5.74, 6) is -2.71. The van der Waals surface area contributed by atoms with Gasteiger partial charge in [0.2, 0.25) is 0 Å². The number of esters is 1. The summed E-state index contributed by atoms with van der Waals surface area (Å²) < 4.78 is 36.0. The van der Waals surface area contributed by atoms with E-state index < -0.39 is 36.7 Å². The number of carbonyl (C=O) groups is 2. The van der Waals surface area contributed by atoms with Gasteiger partial charge in [-0.05, 0) is 42.8 Å². The van der Waals surface area contributed by atoms with E-state index >= 15 is 0 Å². The Kier molecular flexibility index (Phi) is 6.30. The topological polar surface area (TPSA) is 64.6 Å². The average Bonchev–Trinajstić information content (AvgIpc) is 2.51. The fraction of sp³-hybridized carbons (Fsp3) is 0.176. The van der Waals surface area contributed by atoms with E-state index in [4.69, 9.17) is 21.1 Å². The lowest BCUT2D eigenvalue weighted by Crippen LogP contribution is -2.23. The number of carbonyl (C=O) groups excluding carboxylic acids is 2. The maximum absolute atomic E-state index is 13.0. The minimum Gasteiger partial charge on any atom is -0.482 e. The second-order valence-corrected chi connectivity index (χ2v) is 5.50. The van der Waals surface area contributed by atoms with E-state index in [1.165, 1.54) is 0 Å². The van der Waals surface area contributed by atoms with Gasteiger partial charge in [-0.25, -0.2) is 13.6 Å². The van der Waals surface area contributed by atoms with Gasteiger partial charge in [0.25, 0.3) is 5.91 Å². The highest BCUT2D eigenvalue weighted by Gasteiger charge is 2.11. The third kappa shape index (κ3) is 6.04. The van der Waals surface area contributed by atoms with Crippen LogP contribution in [0.15, 0.2) is 36.4 Å². The summed E-state index contributed by atoms with van der Waals surface area (Å²) in [5.41, 5.74) is 0.665. The lowest BCUT2D eigenvalue weighted by Gasteiger charge is -2.10. The highest BCUT2D eigenvalue weighted by atomic mass is 35.5. The van der Waals surface area contributed by atoms with Gasteiger partial charge in [0.15, 0.2) is 13.2 Å². The Morgan fingerprint density at radius 2 is 1.76 bits per heavy atom. The van der Waals surface area contributed by atoms with Crippen molar-refractivity contribution in [1.82, 2.24) is 0 Å². The maximum Gasteiger partial charge on any atom is 0.344 e. The van der Waals surface area contributed by atoms with Crippen LogP contribution in [0.2, 0.25) is 5.02 Å². The van der Waals surface area contributed by atoms with Gasteiger partial charge in [-0.15, -0.1) is 0 Å². The van der Waals surface area contributed by atoms with Crippen LogP contribution in [-0.2, 0) is 14.3 Å². The molecule has 0 radical (unpaired) electrons. The first-order valence-electron chi connectivity index (χ1n) is 7.14. The maximum atomic E-state index is 13.0. The first-order valence-corrected chi connectivity index (χ1v) is 7.52. The van der Waals surface area contributed by atoms with E-state index in [0.717, 1.165) is 17.7 Å². The molecule has 0 heterocycles. The normalized spacial score (nSPS) is 10.2. The molecule has 0 spiro atoms. The summed E-state index contributed by atoms with van der Waals surface area (Å²) in [6, 6.07) is 7.45. The van der Waals surface area contributed by atoms with Crippen molar-refractivity contribution in [1.29, 1.82) is 0 Å². The van der Waals surface area contributed by atoms with Crippen LogP contribution in [0.3, 0.4) is 0 Å². The number of amides is 1. The van der Waals surface area contributed by atoms with E-state index in [-0.39, 0.29) is 5.69 Å². The van der Waals surface area contributed by atoms with Gasteiger partial charge < -0.3 is 14.8 Å². The van der Waals surface area contributed by atoms with Gasteiger partial charge in [-0.1, -0.05) is 11.6 Å². The summed E-state index contributed by atoms with van der Waals surface area (Å²) >= 11 is 5.81. The van der Waals surface area contributed by atoms with Gasteiger partial charge in [0.05, 0.1) is 0 Å². The molecule has 8 heteroatoms. The van der Waals surface area contributed by atoms with Crippen molar-refractivity contribution in [2.75, 3.05) is 18.5 Å². The molecule has 1 N–H and O–H groups in total. The number of anilines is 1. The standard InChI is InChI=1S/C17H14ClF2NO4/c1-10-4-11(18)2-3-15(10)24-9-17(23)25-8-16(22)21-14-6-12(19)5-13(20)7-14/h2-7H,8-9H2,1H3,(H,21,22). The van der Waals surface area contributed by atoms with Crippen LogP contribution >= 0.6 is 11.6 Å². The van der Waals surface area contributed by atoms with Crippen molar-refractivity contribution >= 4 is 29.2 Å². The van der Waals surface area contributed by atoms with Crippen molar-refractivity contribution in [2.45, 2.75) is 6.92 Å². The van der Waals surface area contributed by atoms with Crippen LogP contribution in [0.5, 0.6) is 5.75 Å². The van der Waals surface area contributed by atoms with Gasteiger partial charge in [0, 0.05) is 16.8 Å². The molecule has 0 aliphatic heterocycles. The van der Waals surface area contributed by atoms with E-state index in [9.17, 15) is 18.4 Å². The molecular formula is C17H14ClF2NO4. The van der Waals surface area contributed by atoms with Crippen molar-refractivity contribution < 1.29 is 27.8 Å². The molecule has 1 amide bonds. The second kappa shape index (κ2) is 8.43. The molecule has 2 aromatic carbocycles. The summed E-state index contributed by atoms with van der Waals surface area (Å²) in [6.45, 7) is 0.752. The van der Waals surface area contributed by atoms with Crippen LogP contribution in [-0.4, -0.2) is 25.1 Å². The van der Waals surface area contributed by atoms with Crippen LogP contribution in [0, 0.1) is 18.6 Å². The van der Waals surface area contributed by atoms with Gasteiger partial charge >= 0.3 is 5.97 Å². The quantitative estimate of drug-likeness (QED) is 0.792. The molecule has 25 heavy (non-hydrogen) atoms. The van der Waals surface area contributed by atoms with E-state index in [2.05, 4.69) is 5.32 Å². The summed E-state index contributed by atoms with van der Waals surface area (Å²) in [4.78, 5) is 23.2. The molecule has 0 saturated carbocycles. The molecule has 0 aliphatic carbocycles. The SMILES string of the molecule is Cc1cc(Cl)ccc1OCC(=O)OCC(=O)Nc1cc(F)cc(F)c1. The Bertz CT molecular complexity index is 778. The molecular weight excluding hydrogens is 356 g/mol. The van der Waals surface area contributed by atoms with Crippen molar-refractivity contribution in [2.24, 2.45) is 0 Å². The monoisotopic (exact) mass is 369 g/mol. The van der Waals surface area contributed by atoms with Crippen molar-refractivity contribution in [3.05, 3.63) is 58.6 Å². The lowest BCUT2D eigenvalue weighted by atomic mass is 10.2. The Hall–Kier alpha value is -2.67. The molecule has 0 aliphatic rings. The Morgan fingerprint density at radius 1 is 1.08 bits per heavy atom. The first-order chi connectivity index (χ1) is 11.8. The number of benzene rings is 2. The fourth-order valence-electron chi connectivity index (χ4n) is 1.92. The minimum atomic E-state index is -0.834. The third-order valence-electron chi connectivity index (χ3n) is 2.99. The Labute approximate surface area is 147 Å². The zero-order valence-electron chi connectivity index (χ0n) is 13.1. The van der Waals surface area contributed by atoms with Crippen LogP contribution in [0.1, 0.15) is 5.56 Å². The first kappa shape index (κ1) is 18.7. The highest BCUT2D eigenvalue weighted by molar-refractivity contribution is 6.30. The molecule has 132 valence electrons. The number of aryl methyl sites for hydroxylation is 1. The van der Waals surface area contributed by atoms with E-state index in [1.54, 1.807) is 25.1 Å². The van der Waals surface area contributed by atoms with Gasteiger partial charge in [-0.2, -0.15) is 0 Å². The van der Waals surface area contributed by atoms with Crippen molar-refractivity contribution in [3.8, 4) is 5.75 Å². The molecule has 0 atom stereocenters. The number of hydrogen-bond acceptors (Lipinski definition) is 4. The third-order valence-corrected chi connectivity index (χ3v) is 3.23. The summed E-state index contributed by atoms with van der Waals surface area (Å²) in [6.07, 6.45) is 0. The summed E-state index contributed by atoms with van der Waals surface area (Å²) in [5, 5.41) is 2.76. The number of nitrogens with one attached hydrogen (secondary N) is 1. The van der Waals surface area contributed by atoms with E-state index in [1.807, 2.05) is 0 Å². The number of rotatable bonds is 6.